The Balaban J connectivity index is 2.17. The average Bonchev–Trinajstić information content (AvgIpc) is 2.61. The van der Waals surface area contributed by atoms with E-state index in [0.717, 1.165) is 5.56 Å². The van der Waals surface area contributed by atoms with E-state index in [1.54, 1.807) is 35.2 Å². The van der Waals surface area contributed by atoms with Crippen LogP contribution in [-0.2, 0) is 16.7 Å². The zero-order chi connectivity index (χ0) is 20.0. The maximum absolute atomic E-state index is 13.5. The van der Waals surface area contributed by atoms with Crippen molar-refractivity contribution >= 4 is 16.0 Å². The van der Waals surface area contributed by atoms with Crippen molar-refractivity contribution in [2.75, 3.05) is 12.3 Å². The van der Waals surface area contributed by atoms with Gasteiger partial charge < -0.3 is 9.08 Å². The SMILES string of the molecule is CCS(=O)(=O)Oc1ccc(CN(CC(C)C)C(=O)c2cccc(F)c2)cc1. The van der Waals surface area contributed by atoms with Crippen molar-refractivity contribution in [3.63, 3.8) is 0 Å². The summed E-state index contributed by atoms with van der Waals surface area (Å²) in [5.74, 6) is -0.354. The molecular formula is C20H24FNO4S. The molecule has 0 unspecified atom stereocenters. The highest BCUT2D eigenvalue weighted by atomic mass is 32.2. The van der Waals surface area contributed by atoms with Gasteiger partial charge >= 0.3 is 10.1 Å². The molecule has 0 saturated carbocycles. The number of rotatable bonds is 8. The molecule has 0 saturated heterocycles. The Hall–Kier alpha value is -2.41. The van der Waals surface area contributed by atoms with Crippen molar-refractivity contribution in [2.24, 2.45) is 5.92 Å². The van der Waals surface area contributed by atoms with Gasteiger partial charge in [0.1, 0.15) is 11.6 Å². The Kier molecular flexibility index (Phi) is 6.96. The third kappa shape index (κ3) is 6.36. The second-order valence-corrected chi connectivity index (χ2v) is 8.52. The van der Waals surface area contributed by atoms with Crippen molar-refractivity contribution in [1.82, 2.24) is 4.90 Å². The molecule has 7 heteroatoms. The van der Waals surface area contributed by atoms with Crippen LogP contribution in [0.5, 0.6) is 5.75 Å². The van der Waals surface area contributed by atoms with Crippen LogP contribution in [0, 0.1) is 11.7 Å². The zero-order valence-electron chi connectivity index (χ0n) is 15.7. The Morgan fingerprint density at radius 1 is 1.15 bits per heavy atom. The number of halogens is 1. The molecule has 146 valence electrons. The lowest BCUT2D eigenvalue weighted by Crippen LogP contribution is -2.33. The minimum absolute atomic E-state index is 0.112. The minimum atomic E-state index is -3.58. The van der Waals surface area contributed by atoms with E-state index in [9.17, 15) is 17.6 Å². The summed E-state index contributed by atoms with van der Waals surface area (Å²) in [5, 5.41) is 0. The summed E-state index contributed by atoms with van der Waals surface area (Å²) in [5.41, 5.74) is 1.12. The van der Waals surface area contributed by atoms with Gasteiger partial charge in [0.05, 0.1) is 5.75 Å². The van der Waals surface area contributed by atoms with E-state index in [-0.39, 0.29) is 23.3 Å². The summed E-state index contributed by atoms with van der Waals surface area (Å²) in [6.45, 7) is 6.34. The molecule has 0 spiro atoms. The van der Waals surface area contributed by atoms with Crippen LogP contribution in [0.2, 0.25) is 0 Å². The molecule has 2 aromatic carbocycles. The highest BCUT2D eigenvalue weighted by Crippen LogP contribution is 2.18. The fraction of sp³-hybridized carbons (Fsp3) is 0.350. The number of benzene rings is 2. The van der Waals surface area contributed by atoms with E-state index >= 15 is 0 Å². The number of amides is 1. The van der Waals surface area contributed by atoms with Gasteiger partial charge in [-0.2, -0.15) is 8.42 Å². The standard InChI is InChI=1S/C20H24FNO4S/c1-4-27(24,25)26-19-10-8-16(9-11-19)14-22(13-15(2)3)20(23)17-6-5-7-18(21)12-17/h5-12,15H,4,13-14H2,1-3H3. The first-order valence-corrected chi connectivity index (χ1v) is 10.3. The number of carbonyl (C=O) groups is 1. The summed E-state index contributed by atoms with van der Waals surface area (Å²) >= 11 is 0. The molecule has 1 amide bonds. The molecule has 0 radical (unpaired) electrons. The van der Waals surface area contributed by atoms with Crippen LogP contribution in [0.1, 0.15) is 36.7 Å². The van der Waals surface area contributed by atoms with Gasteiger partial charge in [0, 0.05) is 18.7 Å². The van der Waals surface area contributed by atoms with Crippen molar-refractivity contribution in [1.29, 1.82) is 0 Å². The average molecular weight is 393 g/mol. The number of nitrogens with zero attached hydrogens (tertiary/aromatic N) is 1. The van der Waals surface area contributed by atoms with Crippen molar-refractivity contribution in [2.45, 2.75) is 27.3 Å². The van der Waals surface area contributed by atoms with Gasteiger partial charge in [-0.25, -0.2) is 4.39 Å². The third-order valence-electron chi connectivity index (χ3n) is 3.82. The van der Waals surface area contributed by atoms with Gasteiger partial charge in [-0.3, -0.25) is 4.79 Å². The quantitative estimate of drug-likeness (QED) is 0.639. The first-order chi connectivity index (χ1) is 12.7. The predicted octanol–water partition coefficient (Wildman–Crippen LogP) is 3.85. The van der Waals surface area contributed by atoms with E-state index < -0.39 is 15.9 Å². The topological polar surface area (TPSA) is 63.7 Å². The van der Waals surface area contributed by atoms with E-state index in [2.05, 4.69) is 0 Å². The van der Waals surface area contributed by atoms with Crippen LogP contribution >= 0.6 is 0 Å². The van der Waals surface area contributed by atoms with Gasteiger partial charge in [0.2, 0.25) is 0 Å². The zero-order valence-corrected chi connectivity index (χ0v) is 16.5. The maximum atomic E-state index is 13.5. The molecule has 5 nitrogen and oxygen atoms in total. The van der Waals surface area contributed by atoms with Crippen molar-refractivity contribution in [3.8, 4) is 5.75 Å². The lowest BCUT2D eigenvalue weighted by molar-refractivity contribution is 0.0722. The van der Waals surface area contributed by atoms with Crippen molar-refractivity contribution in [3.05, 3.63) is 65.5 Å². The van der Waals surface area contributed by atoms with Crippen LogP contribution in [-0.4, -0.2) is 31.5 Å². The Labute approximate surface area is 159 Å². The molecule has 2 rings (SSSR count). The van der Waals surface area contributed by atoms with Crippen LogP contribution < -0.4 is 4.18 Å². The molecule has 0 aliphatic rings. The first kappa shape index (κ1) is 20.9. The molecule has 0 aliphatic carbocycles. The Morgan fingerprint density at radius 2 is 1.81 bits per heavy atom. The molecule has 0 aliphatic heterocycles. The molecular weight excluding hydrogens is 369 g/mol. The summed E-state index contributed by atoms with van der Waals surface area (Å²) in [7, 11) is -3.58. The normalized spacial score (nSPS) is 11.4. The molecule has 0 N–H and O–H groups in total. The van der Waals surface area contributed by atoms with Gasteiger partial charge in [-0.05, 0) is 48.7 Å². The van der Waals surface area contributed by atoms with Crippen LogP contribution in [0.4, 0.5) is 4.39 Å². The second kappa shape index (κ2) is 8.99. The lowest BCUT2D eigenvalue weighted by atomic mass is 10.1. The largest absolute Gasteiger partial charge is 0.382 e. The fourth-order valence-electron chi connectivity index (χ4n) is 2.54. The van der Waals surface area contributed by atoms with E-state index in [1.807, 2.05) is 13.8 Å². The Bertz CT molecular complexity index is 879. The smallest absolute Gasteiger partial charge is 0.308 e. The Morgan fingerprint density at radius 3 is 2.37 bits per heavy atom. The van der Waals surface area contributed by atoms with Crippen molar-refractivity contribution < 1.29 is 21.8 Å². The molecule has 0 fully saturated rings. The first-order valence-electron chi connectivity index (χ1n) is 8.76. The second-order valence-electron chi connectivity index (χ2n) is 6.66. The molecule has 0 heterocycles. The van der Waals surface area contributed by atoms with E-state index in [4.69, 9.17) is 4.18 Å². The fourth-order valence-corrected chi connectivity index (χ4v) is 3.06. The summed E-state index contributed by atoms with van der Waals surface area (Å²) in [6.07, 6.45) is 0. The summed E-state index contributed by atoms with van der Waals surface area (Å²) in [6, 6.07) is 12.2. The summed E-state index contributed by atoms with van der Waals surface area (Å²) in [4.78, 5) is 14.4. The van der Waals surface area contributed by atoms with Gasteiger partial charge in [-0.15, -0.1) is 0 Å². The molecule has 0 bridgehead atoms. The molecule has 27 heavy (non-hydrogen) atoms. The van der Waals surface area contributed by atoms with Crippen LogP contribution in [0.3, 0.4) is 0 Å². The van der Waals surface area contributed by atoms with E-state index in [0.29, 0.717) is 18.7 Å². The third-order valence-corrected chi connectivity index (χ3v) is 4.97. The van der Waals surface area contributed by atoms with Crippen LogP contribution in [0.25, 0.3) is 0 Å². The number of hydrogen-bond acceptors (Lipinski definition) is 4. The highest BCUT2D eigenvalue weighted by molar-refractivity contribution is 7.87. The van der Waals surface area contributed by atoms with Gasteiger partial charge in [-0.1, -0.05) is 32.0 Å². The van der Waals surface area contributed by atoms with Gasteiger partial charge in [0.15, 0.2) is 0 Å². The van der Waals surface area contributed by atoms with Gasteiger partial charge in [0.25, 0.3) is 5.91 Å². The lowest BCUT2D eigenvalue weighted by Gasteiger charge is -2.25. The van der Waals surface area contributed by atoms with Crippen LogP contribution in [0.15, 0.2) is 48.5 Å². The molecule has 2 aromatic rings. The summed E-state index contributed by atoms with van der Waals surface area (Å²) < 4.78 is 41.5. The number of hydrogen-bond donors (Lipinski definition) is 0. The molecule has 0 atom stereocenters. The monoisotopic (exact) mass is 393 g/mol. The maximum Gasteiger partial charge on any atom is 0.308 e. The number of carbonyl (C=O) groups excluding carboxylic acids is 1. The highest BCUT2D eigenvalue weighted by Gasteiger charge is 2.18. The minimum Gasteiger partial charge on any atom is -0.382 e. The molecule has 0 aromatic heterocycles. The van der Waals surface area contributed by atoms with E-state index in [1.165, 1.54) is 25.1 Å². The predicted molar refractivity (Wildman–Crippen MR) is 103 cm³/mol.